The SMILES string of the molecule is CCN1CCc2cc(OC)cc3c2C1Cc1ccc(OS(=O)(=O)C(F)(F)F)c(O)c1-3. The Morgan fingerprint density at radius 2 is 1.97 bits per heavy atom. The molecular formula is C20H20F3NO5S. The van der Waals surface area contributed by atoms with Gasteiger partial charge in [-0.25, -0.2) is 0 Å². The number of aromatic hydroxyl groups is 1. The molecule has 2 aromatic carbocycles. The number of phenols is 1. The first-order valence-electron chi connectivity index (χ1n) is 9.38. The summed E-state index contributed by atoms with van der Waals surface area (Å²) in [6.07, 6.45) is 1.30. The molecule has 30 heavy (non-hydrogen) atoms. The number of rotatable bonds is 4. The molecule has 0 aromatic heterocycles. The van der Waals surface area contributed by atoms with Gasteiger partial charge in [0.05, 0.1) is 7.11 Å². The van der Waals surface area contributed by atoms with Crippen LogP contribution in [0.25, 0.3) is 11.1 Å². The van der Waals surface area contributed by atoms with Crippen molar-refractivity contribution in [2.24, 2.45) is 0 Å². The predicted octanol–water partition coefficient (Wildman–Crippen LogP) is 3.77. The van der Waals surface area contributed by atoms with E-state index >= 15 is 0 Å². The summed E-state index contributed by atoms with van der Waals surface area (Å²) in [4.78, 5) is 2.30. The first-order valence-corrected chi connectivity index (χ1v) is 10.8. The fourth-order valence-corrected chi connectivity index (χ4v) is 4.81. The molecule has 162 valence electrons. The largest absolute Gasteiger partial charge is 0.534 e. The van der Waals surface area contributed by atoms with Crippen LogP contribution in [0, 0.1) is 0 Å². The van der Waals surface area contributed by atoms with E-state index in [-0.39, 0.29) is 11.6 Å². The highest BCUT2D eigenvalue weighted by molar-refractivity contribution is 7.88. The van der Waals surface area contributed by atoms with Gasteiger partial charge in [0.1, 0.15) is 5.75 Å². The molecule has 10 heteroatoms. The van der Waals surface area contributed by atoms with Crippen LogP contribution in [0.1, 0.15) is 29.7 Å². The maximum Gasteiger partial charge on any atom is 0.534 e. The number of hydrogen-bond donors (Lipinski definition) is 1. The summed E-state index contributed by atoms with van der Waals surface area (Å²) in [7, 11) is -4.40. The monoisotopic (exact) mass is 443 g/mol. The number of nitrogens with zero attached hydrogens (tertiary/aromatic N) is 1. The maximum atomic E-state index is 12.8. The van der Waals surface area contributed by atoms with Crippen LogP contribution in [0.4, 0.5) is 13.2 Å². The molecular weight excluding hydrogens is 423 g/mol. The van der Waals surface area contributed by atoms with Crippen LogP contribution in [0.2, 0.25) is 0 Å². The summed E-state index contributed by atoms with van der Waals surface area (Å²) >= 11 is 0. The molecule has 0 radical (unpaired) electrons. The van der Waals surface area contributed by atoms with Gasteiger partial charge in [0.25, 0.3) is 0 Å². The Hall–Kier alpha value is -2.46. The Labute approximate surface area is 172 Å². The molecule has 0 amide bonds. The molecule has 1 unspecified atom stereocenters. The normalized spacial score (nSPS) is 18.5. The van der Waals surface area contributed by atoms with E-state index in [4.69, 9.17) is 4.74 Å². The van der Waals surface area contributed by atoms with E-state index in [0.29, 0.717) is 23.3 Å². The quantitative estimate of drug-likeness (QED) is 0.573. The van der Waals surface area contributed by atoms with E-state index in [2.05, 4.69) is 16.0 Å². The number of benzene rings is 2. The van der Waals surface area contributed by atoms with Gasteiger partial charge in [0.15, 0.2) is 11.5 Å². The zero-order valence-electron chi connectivity index (χ0n) is 16.3. The Kier molecular flexibility index (Phi) is 4.89. The molecule has 0 spiro atoms. The minimum absolute atomic E-state index is 0.0530. The molecule has 1 aliphatic heterocycles. The van der Waals surface area contributed by atoms with Crippen molar-refractivity contribution in [1.82, 2.24) is 4.90 Å². The fraction of sp³-hybridized carbons (Fsp3) is 0.400. The first-order chi connectivity index (χ1) is 14.1. The number of hydrogen-bond acceptors (Lipinski definition) is 6. The zero-order valence-corrected chi connectivity index (χ0v) is 17.1. The molecule has 2 aromatic rings. The lowest BCUT2D eigenvalue weighted by Gasteiger charge is -2.41. The summed E-state index contributed by atoms with van der Waals surface area (Å²) in [6, 6.07) is 6.25. The van der Waals surface area contributed by atoms with E-state index in [9.17, 15) is 26.7 Å². The summed E-state index contributed by atoms with van der Waals surface area (Å²) in [5.41, 5.74) is -2.01. The van der Waals surface area contributed by atoms with E-state index < -0.39 is 27.1 Å². The third-order valence-electron chi connectivity index (χ3n) is 5.72. The van der Waals surface area contributed by atoms with Crippen molar-refractivity contribution in [2.45, 2.75) is 31.3 Å². The number of fused-ring (bicyclic) bond motifs is 2. The van der Waals surface area contributed by atoms with Gasteiger partial charge in [-0.2, -0.15) is 21.6 Å². The van der Waals surface area contributed by atoms with Gasteiger partial charge in [-0.3, -0.25) is 4.90 Å². The molecule has 4 rings (SSSR count). The van der Waals surface area contributed by atoms with Crippen LogP contribution in [0.3, 0.4) is 0 Å². The average molecular weight is 443 g/mol. The standard InChI is InChI=1S/C20H20F3NO5S/c1-3-24-7-6-12-8-13(28-2)10-14-17(12)15(24)9-11-4-5-16(19(25)18(11)14)29-30(26,27)20(21,22)23/h4-5,8,10,15,25H,3,6-7,9H2,1-2H3. The Morgan fingerprint density at radius 1 is 1.23 bits per heavy atom. The predicted molar refractivity (Wildman–Crippen MR) is 103 cm³/mol. The third-order valence-corrected chi connectivity index (χ3v) is 6.68. The lowest BCUT2D eigenvalue weighted by Crippen LogP contribution is -2.38. The van der Waals surface area contributed by atoms with Crippen LogP contribution in [0.5, 0.6) is 17.2 Å². The van der Waals surface area contributed by atoms with Crippen molar-refractivity contribution < 1.29 is 35.6 Å². The number of halogens is 3. The molecule has 1 aliphatic carbocycles. The third kappa shape index (κ3) is 3.18. The molecule has 0 saturated carbocycles. The number of methoxy groups -OCH3 is 1. The van der Waals surface area contributed by atoms with Crippen molar-refractivity contribution >= 4 is 10.1 Å². The Balaban J connectivity index is 1.91. The van der Waals surface area contributed by atoms with Crippen molar-refractivity contribution in [3.63, 3.8) is 0 Å². The van der Waals surface area contributed by atoms with E-state index in [0.717, 1.165) is 36.7 Å². The maximum absolute atomic E-state index is 12.8. The van der Waals surface area contributed by atoms with E-state index in [1.54, 1.807) is 6.07 Å². The second-order valence-corrected chi connectivity index (χ2v) is 8.81. The molecule has 0 fully saturated rings. The van der Waals surface area contributed by atoms with Crippen molar-refractivity contribution in [3.8, 4) is 28.4 Å². The summed E-state index contributed by atoms with van der Waals surface area (Å²) < 4.78 is 70.7. The first kappa shape index (κ1) is 20.8. The minimum atomic E-state index is -5.91. The summed E-state index contributed by atoms with van der Waals surface area (Å²) in [5.74, 6) is -0.846. The second kappa shape index (κ2) is 7.05. The molecule has 2 aliphatic rings. The Bertz CT molecular complexity index is 1110. The van der Waals surface area contributed by atoms with Gasteiger partial charge in [-0.15, -0.1) is 0 Å². The highest BCUT2D eigenvalue weighted by Crippen LogP contribution is 2.52. The molecule has 0 saturated heterocycles. The van der Waals surface area contributed by atoms with E-state index in [1.165, 1.54) is 13.2 Å². The molecule has 6 nitrogen and oxygen atoms in total. The highest BCUT2D eigenvalue weighted by atomic mass is 32.2. The molecule has 1 N–H and O–H groups in total. The van der Waals surface area contributed by atoms with Gasteiger partial charge in [0, 0.05) is 18.2 Å². The number of ether oxygens (including phenoxy) is 1. The lowest BCUT2D eigenvalue weighted by molar-refractivity contribution is -0.0500. The van der Waals surface area contributed by atoms with Gasteiger partial charge < -0.3 is 14.0 Å². The number of alkyl halides is 3. The van der Waals surface area contributed by atoms with Crippen molar-refractivity contribution in [3.05, 3.63) is 41.0 Å². The van der Waals surface area contributed by atoms with Gasteiger partial charge >= 0.3 is 15.6 Å². The minimum Gasteiger partial charge on any atom is -0.504 e. The van der Waals surface area contributed by atoms with E-state index in [1.807, 2.05) is 6.07 Å². The smallest absolute Gasteiger partial charge is 0.504 e. The van der Waals surface area contributed by atoms with Gasteiger partial charge in [-0.1, -0.05) is 13.0 Å². The zero-order chi connectivity index (χ0) is 21.8. The lowest BCUT2D eigenvalue weighted by atomic mass is 9.76. The topological polar surface area (TPSA) is 76.1 Å². The van der Waals surface area contributed by atoms with Crippen molar-refractivity contribution in [1.29, 1.82) is 0 Å². The Morgan fingerprint density at radius 3 is 2.60 bits per heavy atom. The summed E-state index contributed by atoms with van der Waals surface area (Å²) in [5, 5.41) is 10.8. The van der Waals surface area contributed by atoms with Crippen LogP contribution in [-0.2, 0) is 23.0 Å². The number of likely N-dealkylation sites (N-methyl/N-ethyl adjacent to an activating group) is 1. The average Bonchev–Trinajstić information content (AvgIpc) is 2.69. The number of phenolic OH excluding ortho intramolecular Hbond substituents is 1. The molecule has 0 bridgehead atoms. The summed E-state index contributed by atoms with van der Waals surface area (Å²) in [6.45, 7) is 3.73. The molecule has 1 heterocycles. The van der Waals surface area contributed by atoms with Crippen LogP contribution >= 0.6 is 0 Å². The second-order valence-electron chi connectivity index (χ2n) is 7.28. The fourth-order valence-electron chi connectivity index (χ4n) is 4.35. The van der Waals surface area contributed by atoms with Crippen molar-refractivity contribution in [2.75, 3.05) is 20.2 Å². The molecule has 1 atom stereocenters. The van der Waals surface area contributed by atoms with Gasteiger partial charge in [0.2, 0.25) is 0 Å². The van der Waals surface area contributed by atoms with Gasteiger partial charge in [-0.05, 0) is 59.8 Å². The van der Waals surface area contributed by atoms with Crippen LogP contribution in [0.15, 0.2) is 24.3 Å². The highest BCUT2D eigenvalue weighted by Gasteiger charge is 2.49. The van der Waals surface area contributed by atoms with Crippen LogP contribution < -0.4 is 8.92 Å². The van der Waals surface area contributed by atoms with Crippen LogP contribution in [-0.4, -0.2) is 44.1 Å².